The van der Waals surface area contributed by atoms with E-state index >= 15 is 0 Å². The predicted octanol–water partition coefficient (Wildman–Crippen LogP) is 2.13. The Morgan fingerprint density at radius 2 is 2.30 bits per heavy atom. The number of esters is 1. The average Bonchev–Trinajstić information content (AvgIpc) is 3.27. The zero-order chi connectivity index (χ0) is 14.4. The van der Waals surface area contributed by atoms with Crippen molar-refractivity contribution in [2.24, 2.45) is 0 Å². The number of hydrogen-bond acceptors (Lipinski definition) is 5. The summed E-state index contributed by atoms with van der Waals surface area (Å²) < 4.78 is 9.90. The highest BCUT2D eigenvalue weighted by Crippen LogP contribution is 2.40. The maximum Gasteiger partial charge on any atom is 0.330 e. The second kappa shape index (κ2) is 7.05. The summed E-state index contributed by atoms with van der Waals surface area (Å²) in [6.07, 6.45) is 7.96. The van der Waals surface area contributed by atoms with Crippen molar-refractivity contribution in [3.63, 3.8) is 0 Å². The lowest BCUT2D eigenvalue weighted by molar-refractivity contribution is -0.138. The average molecular weight is 276 g/mol. The summed E-state index contributed by atoms with van der Waals surface area (Å²) in [5.41, 5.74) is 7.76. The van der Waals surface area contributed by atoms with Gasteiger partial charge in [0, 0.05) is 38.0 Å². The smallest absolute Gasteiger partial charge is 0.330 e. The molecule has 0 radical (unpaired) electrons. The van der Waals surface area contributed by atoms with Crippen molar-refractivity contribution >= 4 is 17.9 Å². The molecular formula is C15H20N2O3. The minimum absolute atomic E-state index is 0.354. The molecule has 1 aromatic rings. The highest BCUT2D eigenvalue weighted by atomic mass is 16.5. The lowest BCUT2D eigenvalue weighted by Gasteiger charge is -2.04. The highest BCUT2D eigenvalue weighted by molar-refractivity contribution is 5.88. The lowest BCUT2D eigenvalue weighted by atomic mass is 10.1. The molecule has 0 atom stereocenters. The molecule has 0 spiro atoms. The van der Waals surface area contributed by atoms with Gasteiger partial charge in [-0.2, -0.15) is 0 Å². The normalized spacial score (nSPS) is 14.7. The van der Waals surface area contributed by atoms with Crippen molar-refractivity contribution in [3.8, 4) is 0 Å². The van der Waals surface area contributed by atoms with E-state index in [1.807, 2.05) is 12.3 Å². The van der Waals surface area contributed by atoms with Crippen molar-refractivity contribution in [1.82, 2.24) is 4.98 Å². The van der Waals surface area contributed by atoms with Gasteiger partial charge in [-0.15, -0.1) is 0 Å². The van der Waals surface area contributed by atoms with Gasteiger partial charge in [-0.1, -0.05) is 0 Å². The second-order valence-corrected chi connectivity index (χ2v) is 4.86. The minimum atomic E-state index is -0.377. The van der Waals surface area contributed by atoms with Crippen molar-refractivity contribution in [2.45, 2.75) is 25.2 Å². The number of ether oxygens (including phenoxy) is 2. The summed E-state index contributed by atoms with van der Waals surface area (Å²) in [4.78, 5) is 15.7. The van der Waals surface area contributed by atoms with E-state index in [1.165, 1.54) is 24.5 Å². The quantitative estimate of drug-likeness (QED) is 0.469. The van der Waals surface area contributed by atoms with Gasteiger partial charge in [0.25, 0.3) is 0 Å². The molecular weight excluding hydrogens is 256 g/mol. The van der Waals surface area contributed by atoms with Gasteiger partial charge in [-0.05, 0) is 36.5 Å². The van der Waals surface area contributed by atoms with E-state index in [0.717, 1.165) is 5.56 Å². The molecule has 1 heterocycles. The molecule has 108 valence electrons. The Balaban J connectivity index is 1.89. The Kier molecular flexibility index (Phi) is 5.12. The van der Waals surface area contributed by atoms with Crippen LogP contribution in [0.2, 0.25) is 0 Å². The van der Waals surface area contributed by atoms with E-state index in [-0.39, 0.29) is 5.97 Å². The van der Waals surface area contributed by atoms with Crippen LogP contribution in [0.3, 0.4) is 0 Å². The van der Waals surface area contributed by atoms with Crippen LogP contribution in [0.4, 0.5) is 5.82 Å². The van der Waals surface area contributed by atoms with E-state index < -0.39 is 0 Å². The fourth-order valence-corrected chi connectivity index (χ4v) is 1.86. The van der Waals surface area contributed by atoms with Crippen LogP contribution in [-0.2, 0) is 14.3 Å². The maximum atomic E-state index is 11.5. The van der Waals surface area contributed by atoms with E-state index in [1.54, 1.807) is 13.2 Å². The van der Waals surface area contributed by atoms with Gasteiger partial charge in [-0.25, -0.2) is 9.78 Å². The molecule has 1 aliphatic rings. The molecule has 1 aromatic heterocycles. The number of rotatable bonds is 7. The SMILES string of the molecule is COCCCOC(=O)/C=C/c1cc(C2CC2)cnc1N. The fourth-order valence-electron chi connectivity index (χ4n) is 1.86. The summed E-state index contributed by atoms with van der Waals surface area (Å²) in [6.45, 7) is 0.935. The van der Waals surface area contributed by atoms with E-state index in [9.17, 15) is 4.79 Å². The first-order chi connectivity index (χ1) is 9.70. The molecule has 5 nitrogen and oxygen atoms in total. The Labute approximate surface area is 118 Å². The highest BCUT2D eigenvalue weighted by Gasteiger charge is 2.24. The topological polar surface area (TPSA) is 74.4 Å². The lowest BCUT2D eigenvalue weighted by Crippen LogP contribution is -2.04. The Bertz CT molecular complexity index is 496. The molecule has 0 bridgehead atoms. The standard InChI is InChI=1S/C15H20N2O3/c1-19-7-2-8-20-14(18)6-5-12-9-13(11-3-4-11)10-17-15(12)16/h5-6,9-11H,2-4,7-8H2,1H3,(H2,16,17)/b6-5+. The monoisotopic (exact) mass is 276 g/mol. The van der Waals surface area contributed by atoms with Crippen LogP contribution < -0.4 is 5.73 Å². The number of carbonyl (C=O) groups is 1. The Hall–Kier alpha value is -1.88. The van der Waals surface area contributed by atoms with Crippen molar-refractivity contribution < 1.29 is 14.3 Å². The number of pyridine rings is 1. The van der Waals surface area contributed by atoms with Crippen LogP contribution in [0.15, 0.2) is 18.3 Å². The summed E-state index contributed by atoms with van der Waals surface area (Å²) in [6, 6.07) is 1.99. The van der Waals surface area contributed by atoms with Gasteiger partial charge < -0.3 is 15.2 Å². The molecule has 1 saturated carbocycles. The van der Waals surface area contributed by atoms with Gasteiger partial charge >= 0.3 is 5.97 Å². The zero-order valence-corrected chi connectivity index (χ0v) is 11.7. The Morgan fingerprint density at radius 3 is 3.00 bits per heavy atom. The summed E-state index contributed by atoms with van der Waals surface area (Å²) in [5.74, 6) is 0.659. The fraction of sp³-hybridized carbons (Fsp3) is 0.467. The van der Waals surface area contributed by atoms with Crippen LogP contribution >= 0.6 is 0 Å². The number of nitrogens with zero attached hydrogens (tertiary/aromatic N) is 1. The number of hydrogen-bond donors (Lipinski definition) is 1. The first-order valence-corrected chi connectivity index (χ1v) is 6.80. The summed E-state index contributed by atoms with van der Waals surface area (Å²) in [7, 11) is 1.62. The molecule has 1 aliphatic carbocycles. The number of aromatic nitrogens is 1. The van der Waals surface area contributed by atoms with Gasteiger partial charge in [0.15, 0.2) is 0 Å². The number of nitrogens with two attached hydrogens (primary N) is 1. The molecule has 0 aromatic carbocycles. The predicted molar refractivity (Wildman–Crippen MR) is 77.1 cm³/mol. The van der Waals surface area contributed by atoms with Gasteiger partial charge in [0.1, 0.15) is 5.82 Å². The molecule has 0 aliphatic heterocycles. The molecule has 0 saturated heterocycles. The molecule has 1 fully saturated rings. The largest absolute Gasteiger partial charge is 0.462 e. The number of anilines is 1. The van der Waals surface area contributed by atoms with Crippen LogP contribution in [0.25, 0.3) is 6.08 Å². The molecule has 0 amide bonds. The molecule has 0 unspecified atom stereocenters. The first-order valence-electron chi connectivity index (χ1n) is 6.80. The number of methoxy groups -OCH3 is 1. The molecule has 2 rings (SSSR count). The third kappa shape index (κ3) is 4.35. The van der Waals surface area contributed by atoms with E-state index in [4.69, 9.17) is 15.2 Å². The summed E-state index contributed by atoms with van der Waals surface area (Å²) in [5, 5.41) is 0. The third-order valence-corrected chi connectivity index (χ3v) is 3.16. The zero-order valence-electron chi connectivity index (χ0n) is 11.7. The van der Waals surface area contributed by atoms with Crippen LogP contribution in [0.5, 0.6) is 0 Å². The van der Waals surface area contributed by atoms with Gasteiger partial charge in [0.05, 0.1) is 6.61 Å². The summed E-state index contributed by atoms with van der Waals surface area (Å²) >= 11 is 0. The molecule has 5 heteroatoms. The van der Waals surface area contributed by atoms with Crippen LogP contribution in [0, 0.1) is 0 Å². The number of carbonyl (C=O) groups excluding carboxylic acids is 1. The van der Waals surface area contributed by atoms with E-state index in [0.29, 0.717) is 31.4 Å². The van der Waals surface area contributed by atoms with Crippen molar-refractivity contribution in [1.29, 1.82) is 0 Å². The van der Waals surface area contributed by atoms with E-state index in [2.05, 4.69) is 4.98 Å². The minimum Gasteiger partial charge on any atom is -0.462 e. The second-order valence-electron chi connectivity index (χ2n) is 4.86. The van der Waals surface area contributed by atoms with Crippen molar-refractivity contribution in [2.75, 3.05) is 26.1 Å². The van der Waals surface area contributed by atoms with Crippen LogP contribution in [-0.4, -0.2) is 31.3 Å². The molecule has 20 heavy (non-hydrogen) atoms. The maximum absolute atomic E-state index is 11.5. The third-order valence-electron chi connectivity index (χ3n) is 3.16. The first kappa shape index (κ1) is 14.5. The number of nitrogen functional groups attached to an aromatic ring is 1. The van der Waals surface area contributed by atoms with Gasteiger partial charge in [0.2, 0.25) is 0 Å². The Morgan fingerprint density at radius 1 is 1.50 bits per heavy atom. The van der Waals surface area contributed by atoms with Gasteiger partial charge in [-0.3, -0.25) is 0 Å². The van der Waals surface area contributed by atoms with Crippen molar-refractivity contribution in [3.05, 3.63) is 29.5 Å². The van der Waals surface area contributed by atoms with Crippen LogP contribution in [0.1, 0.15) is 36.3 Å². The molecule has 2 N–H and O–H groups in total.